The number of hydrogen-bond acceptors (Lipinski definition) is 3. The van der Waals surface area contributed by atoms with E-state index in [4.69, 9.17) is 14.9 Å². The number of aliphatic hydroxyl groups is 1. The molecule has 2 N–H and O–H groups in total. The zero-order valence-corrected chi connectivity index (χ0v) is 13.5. The fourth-order valence-electron chi connectivity index (χ4n) is 1.94. The lowest BCUT2D eigenvalue weighted by Gasteiger charge is -2.13. The molecule has 0 radical (unpaired) electrons. The molecule has 1 aromatic carbocycles. The molecular formula is C17H28O4. The molecular weight excluding hydrogens is 268 g/mol. The van der Waals surface area contributed by atoms with Gasteiger partial charge in [-0.1, -0.05) is 46.2 Å². The number of carbonyl (C=O) groups is 1. The van der Waals surface area contributed by atoms with Gasteiger partial charge >= 0.3 is 5.97 Å². The summed E-state index contributed by atoms with van der Waals surface area (Å²) in [4.78, 5) is 10.9. The third-order valence-corrected chi connectivity index (χ3v) is 3.08. The summed E-state index contributed by atoms with van der Waals surface area (Å²) < 4.78 is 5.64. The molecule has 0 saturated heterocycles. The van der Waals surface area contributed by atoms with Crippen LogP contribution in [0.2, 0.25) is 0 Å². The Bertz CT molecular complexity index is 386. The van der Waals surface area contributed by atoms with Crippen LogP contribution in [-0.2, 0) is 4.79 Å². The van der Waals surface area contributed by atoms with Crippen LogP contribution in [0.15, 0.2) is 24.3 Å². The van der Waals surface area contributed by atoms with Crippen molar-refractivity contribution < 1.29 is 19.7 Å². The highest BCUT2D eigenvalue weighted by atomic mass is 16.5. The van der Waals surface area contributed by atoms with Crippen LogP contribution in [0.4, 0.5) is 0 Å². The van der Waals surface area contributed by atoms with Gasteiger partial charge in [0, 0.05) is 0 Å². The van der Waals surface area contributed by atoms with E-state index in [9.17, 15) is 4.79 Å². The summed E-state index contributed by atoms with van der Waals surface area (Å²) in [6.07, 6.45) is 2.27. The monoisotopic (exact) mass is 296 g/mol. The summed E-state index contributed by atoms with van der Waals surface area (Å²) in [7, 11) is 0. The average Bonchev–Trinajstić information content (AvgIpc) is 2.49. The molecule has 4 nitrogen and oxygen atoms in total. The maximum atomic E-state index is 10.9. The van der Waals surface area contributed by atoms with E-state index in [0.717, 1.165) is 18.6 Å². The first-order valence-corrected chi connectivity index (χ1v) is 7.64. The van der Waals surface area contributed by atoms with Crippen molar-refractivity contribution in [1.82, 2.24) is 0 Å². The maximum absolute atomic E-state index is 10.9. The van der Waals surface area contributed by atoms with Crippen molar-refractivity contribution in [2.75, 3.05) is 13.2 Å². The minimum absolute atomic E-state index is 0.400. The van der Waals surface area contributed by atoms with Gasteiger partial charge in [0.15, 0.2) is 0 Å². The first-order valence-electron chi connectivity index (χ1n) is 7.64. The molecule has 1 rings (SSSR count). The van der Waals surface area contributed by atoms with Gasteiger partial charge in [-0.25, -0.2) is 0 Å². The molecule has 120 valence electrons. The van der Waals surface area contributed by atoms with E-state index in [1.54, 1.807) is 24.3 Å². The summed E-state index contributed by atoms with van der Waals surface area (Å²) in [6, 6.07) is 6.88. The van der Waals surface area contributed by atoms with Gasteiger partial charge in [0.25, 0.3) is 0 Å². The van der Waals surface area contributed by atoms with E-state index in [-0.39, 0.29) is 0 Å². The number of ether oxygens (including phenoxy) is 1. The highest BCUT2D eigenvalue weighted by Crippen LogP contribution is 2.20. The van der Waals surface area contributed by atoms with Crippen molar-refractivity contribution in [3.05, 3.63) is 29.8 Å². The lowest BCUT2D eigenvalue weighted by Crippen LogP contribution is -2.15. The number of rotatable bonds is 8. The smallest absolute Gasteiger partial charge is 0.313 e. The number of hydrogen-bond donors (Lipinski definition) is 2. The molecule has 0 saturated carbocycles. The maximum Gasteiger partial charge on any atom is 0.313 e. The fraction of sp³-hybridized carbons (Fsp3) is 0.588. The predicted molar refractivity (Wildman–Crippen MR) is 84.8 cm³/mol. The molecule has 2 atom stereocenters. The number of aliphatic carboxylic acids is 1. The zero-order valence-electron chi connectivity index (χ0n) is 13.5. The van der Waals surface area contributed by atoms with Crippen molar-refractivity contribution >= 4 is 5.97 Å². The van der Waals surface area contributed by atoms with Crippen LogP contribution in [0.25, 0.3) is 0 Å². The number of carboxylic acids is 1. The molecule has 0 aromatic heterocycles. The molecule has 0 fully saturated rings. The van der Waals surface area contributed by atoms with Crippen LogP contribution in [0.1, 0.15) is 52.0 Å². The van der Waals surface area contributed by atoms with Crippen molar-refractivity contribution in [1.29, 1.82) is 0 Å². The molecule has 0 amide bonds. The van der Waals surface area contributed by atoms with E-state index in [1.807, 2.05) is 13.8 Å². The Labute approximate surface area is 127 Å². The lowest BCUT2D eigenvalue weighted by molar-refractivity contribution is -0.139. The summed E-state index contributed by atoms with van der Waals surface area (Å²) in [5.74, 6) is -0.650. The van der Waals surface area contributed by atoms with Crippen molar-refractivity contribution in [3.8, 4) is 5.75 Å². The number of carboxylic acid groups (broad SMARTS) is 1. The Morgan fingerprint density at radius 2 is 1.81 bits per heavy atom. The molecule has 0 heterocycles. The van der Waals surface area contributed by atoms with Crippen LogP contribution in [-0.4, -0.2) is 29.4 Å². The van der Waals surface area contributed by atoms with Crippen molar-refractivity contribution in [2.45, 2.75) is 46.5 Å². The molecule has 0 bridgehead atoms. The molecule has 4 heteroatoms. The molecule has 1 aromatic rings. The molecule has 21 heavy (non-hydrogen) atoms. The largest absolute Gasteiger partial charge is 0.493 e. The van der Waals surface area contributed by atoms with Gasteiger partial charge in [-0.15, -0.1) is 0 Å². The SMILES string of the molecule is CC.CCCC(C)COc1ccc(C(CO)C(=O)O)cc1. The van der Waals surface area contributed by atoms with E-state index >= 15 is 0 Å². The minimum Gasteiger partial charge on any atom is -0.493 e. The van der Waals surface area contributed by atoms with Gasteiger partial charge in [0.05, 0.1) is 13.2 Å². The van der Waals surface area contributed by atoms with Crippen molar-refractivity contribution in [3.63, 3.8) is 0 Å². The molecule has 0 aliphatic heterocycles. The highest BCUT2D eigenvalue weighted by molar-refractivity contribution is 5.76. The summed E-state index contributed by atoms with van der Waals surface area (Å²) >= 11 is 0. The van der Waals surface area contributed by atoms with Gasteiger partial charge in [-0.05, 0) is 30.0 Å². The predicted octanol–water partition coefficient (Wildman–Crippen LogP) is 3.69. The fourth-order valence-corrected chi connectivity index (χ4v) is 1.94. The Kier molecular flexibility index (Phi) is 10.3. The quantitative estimate of drug-likeness (QED) is 0.768. The second-order valence-electron chi connectivity index (χ2n) is 4.85. The van der Waals surface area contributed by atoms with Crippen LogP contribution in [0.3, 0.4) is 0 Å². The molecule has 0 aliphatic carbocycles. The molecule has 0 aliphatic rings. The van der Waals surface area contributed by atoms with Crippen LogP contribution < -0.4 is 4.74 Å². The minimum atomic E-state index is -1.02. The van der Waals surface area contributed by atoms with E-state index in [0.29, 0.717) is 18.1 Å². The van der Waals surface area contributed by atoms with Gasteiger partial charge in [0.2, 0.25) is 0 Å². The number of aliphatic hydroxyl groups excluding tert-OH is 1. The van der Waals surface area contributed by atoms with E-state index < -0.39 is 18.5 Å². The normalized spacial score (nSPS) is 12.8. The Morgan fingerprint density at radius 1 is 1.24 bits per heavy atom. The van der Waals surface area contributed by atoms with Crippen LogP contribution in [0.5, 0.6) is 5.75 Å². The standard InChI is InChI=1S/C15H22O4.C2H6/c1-3-4-11(2)10-19-13-7-5-12(6-8-13)14(9-16)15(17)18;1-2/h5-8,11,14,16H,3-4,9-10H2,1-2H3,(H,17,18);1-2H3. The summed E-state index contributed by atoms with van der Waals surface area (Å²) in [6.45, 7) is 8.55. The molecule has 0 spiro atoms. The van der Waals surface area contributed by atoms with Crippen LogP contribution in [0, 0.1) is 5.92 Å². The second-order valence-corrected chi connectivity index (χ2v) is 4.85. The number of benzene rings is 1. The summed E-state index contributed by atoms with van der Waals surface area (Å²) in [5.41, 5.74) is 0.587. The first kappa shape index (κ1) is 19.4. The zero-order chi connectivity index (χ0) is 16.3. The van der Waals surface area contributed by atoms with Gasteiger partial charge in [-0.2, -0.15) is 0 Å². The third-order valence-electron chi connectivity index (χ3n) is 3.08. The topological polar surface area (TPSA) is 66.8 Å². The third kappa shape index (κ3) is 7.14. The Hall–Kier alpha value is -1.55. The average molecular weight is 296 g/mol. The van der Waals surface area contributed by atoms with E-state index in [1.165, 1.54) is 0 Å². The van der Waals surface area contributed by atoms with Crippen LogP contribution >= 0.6 is 0 Å². The lowest BCUT2D eigenvalue weighted by atomic mass is 10.0. The van der Waals surface area contributed by atoms with Gasteiger partial charge < -0.3 is 14.9 Å². The Morgan fingerprint density at radius 3 is 2.24 bits per heavy atom. The first-order chi connectivity index (χ1) is 10.1. The van der Waals surface area contributed by atoms with Crippen molar-refractivity contribution in [2.24, 2.45) is 5.92 Å². The second kappa shape index (κ2) is 11.1. The summed E-state index contributed by atoms with van der Waals surface area (Å²) in [5, 5.41) is 18.0. The highest BCUT2D eigenvalue weighted by Gasteiger charge is 2.18. The van der Waals surface area contributed by atoms with Gasteiger partial charge in [-0.3, -0.25) is 4.79 Å². The van der Waals surface area contributed by atoms with Gasteiger partial charge in [0.1, 0.15) is 11.7 Å². The molecule has 2 unspecified atom stereocenters. The Balaban J connectivity index is 0.00000191. The van der Waals surface area contributed by atoms with E-state index in [2.05, 4.69) is 13.8 Å².